The molecular formula is C11H19NS2. The van der Waals surface area contributed by atoms with Crippen LogP contribution >= 0.6 is 24.0 Å². The van der Waals surface area contributed by atoms with Crippen LogP contribution < -0.4 is 0 Å². The molecule has 1 nitrogen and oxygen atoms in total. The molecule has 1 aliphatic carbocycles. The molecule has 3 heteroatoms. The Morgan fingerprint density at radius 3 is 2.71 bits per heavy atom. The van der Waals surface area contributed by atoms with Crippen LogP contribution in [0.1, 0.15) is 45.4 Å². The van der Waals surface area contributed by atoms with Gasteiger partial charge in [0.05, 0.1) is 0 Å². The van der Waals surface area contributed by atoms with E-state index in [0.717, 1.165) is 12.1 Å². The topological polar surface area (TPSA) is 3.24 Å². The summed E-state index contributed by atoms with van der Waals surface area (Å²) in [6.07, 6.45) is 8.24. The zero-order valence-corrected chi connectivity index (χ0v) is 10.5. The van der Waals surface area contributed by atoms with Crippen LogP contribution in [0.15, 0.2) is 0 Å². The summed E-state index contributed by atoms with van der Waals surface area (Å²) < 4.78 is 1.17. The molecule has 1 saturated heterocycles. The van der Waals surface area contributed by atoms with Crippen molar-refractivity contribution in [1.82, 2.24) is 4.90 Å². The molecule has 0 aromatic heterocycles. The Labute approximate surface area is 96.6 Å². The van der Waals surface area contributed by atoms with E-state index in [9.17, 15) is 0 Å². The molecule has 0 amide bonds. The van der Waals surface area contributed by atoms with E-state index < -0.39 is 0 Å². The third kappa shape index (κ3) is 2.08. The number of thioether (sulfide) groups is 1. The zero-order chi connectivity index (χ0) is 9.97. The molecule has 0 aromatic carbocycles. The maximum absolute atomic E-state index is 5.45. The van der Waals surface area contributed by atoms with Crippen LogP contribution in [0.5, 0.6) is 0 Å². The van der Waals surface area contributed by atoms with Gasteiger partial charge in [-0.15, -0.1) is 0 Å². The number of hydrogen-bond donors (Lipinski definition) is 0. The van der Waals surface area contributed by atoms with E-state index in [1.54, 1.807) is 0 Å². The Kier molecular flexibility index (Phi) is 3.72. The van der Waals surface area contributed by atoms with Crippen LogP contribution in [0.2, 0.25) is 0 Å². The summed E-state index contributed by atoms with van der Waals surface area (Å²) >= 11 is 7.34. The molecule has 1 atom stereocenters. The van der Waals surface area contributed by atoms with Gasteiger partial charge in [0.25, 0.3) is 0 Å². The SMILES string of the molecule is CCC1CSC(=S)N1C1CCCCC1. The fraction of sp³-hybridized carbons (Fsp3) is 0.909. The van der Waals surface area contributed by atoms with Crippen molar-refractivity contribution in [3.05, 3.63) is 0 Å². The van der Waals surface area contributed by atoms with Gasteiger partial charge in [-0.2, -0.15) is 0 Å². The lowest BCUT2D eigenvalue weighted by atomic mass is 9.93. The first kappa shape index (κ1) is 10.7. The summed E-state index contributed by atoms with van der Waals surface area (Å²) in [6, 6.07) is 1.51. The smallest absolute Gasteiger partial charge is 0.136 e. The fourth-order valence-electron chi connectivity index (χ4n) is 2.59. The quantitative estimate of drug-likeness (QED) is 0.668. The number of rotatable bonds is 2. The predicted molar refractivity (Wildman–Crippen MR) is 67.8 cm³/mol. The average molecular weight is 229 g/mol. The second-order valence-electron chi connectivity index (χ2n) is 4.34. The molecule has 0 bridgehead atoms. The second kappa shape index (κ2) is 4.84. The fourth-order valence-corrected chi connectivity index (χ4v) is 4.27. The lowest BCUT2D eigenvalue weighted by molar-refractivity contribution is 0.210. The van der Waals surface area contributed by atoms with Crippen molar-refractivity contribution in [2.75, 3.05) is 5.75 Å². The van der Waals surface area contributed by atoms with Gasteiger partial charge in [-0.3, -0.25) is 0 Å². The van der Waals surface area contributed by atoms with E-state index >= 15 is 0 Å². The maximum Gasteiger partial charge on any atom is 0.136 e. The molecule has 0 spiro atoms. The van der Waals surface area contributed by atoms with Crippen LogP contribution in [0.4, 0.5) is 0 Å². The van der Waals surface area contributed by atoms with E-state index in [1.807, 2.05) is 11.8 Å². The van der Waals surface area contributed by atoms with Crippen molar-refractivity contribution in [3.63, 3.8) is 0 Å². The Bertz CT molecular complexity index is 211. The highest BCUT2D eigenvalue weighted by atomic mass is 32.2. The summed E-state index contributed by atoms with van der Waals surface area (Å²) in [4.78, 5) is 2.55. The van der Waals surface area contributed by atoms with Gasteiger partial charge in [-0.1, -0.05) is 50.2 Å². The van der Waals surface area contributed by atoms with Crippen LogP contribution in [0, 0.1) is 0 Å². The third-order valence-corrected chi connectivity index (χ3v) is 5.02. The Morgan fingerprint density at radius 2 is 2.07 bits per heavy atom. The molecule has 2 rings (SSSR count). The highest BCUT2D eigenvalue weighted by Gasteiger charge is 2.33. The minimum absolute atomic E-state index is 0.732. The van der Waals surface area contributed by atoms with Gasteiger partial charge in [0, 0.05) is 17.8 Å². The molecule has 0 N–H and O–H groups in total. The molecule has 1 aliphatic heterocycles. The molecule has 2 fully saturated rings. The molecule has 0 aromatic rings. The van der Waals surface area contributed by atoms with Crippen LogP contribution in [0.25, 0.3) is 0 Å². The van der Waals surface area contributed by atoms with Crippen molar-refractivity contribution in [2.24, 2.45) is 0 Å². The average Bonchev–Trinajstić information content (AvgIpc) is 2.61. The normalized spacial score (nSPS) is 29.9. The predicted octanol–water partition coefficient (Wildman–Crippen LogP) is 3.43. The Hall–Kier alpha value is 0.240. The van der Waals surface area contributed by atoms with Gasteiger partial charge in [0.2, 0.25) is 0 Å². The number of thiocarbonyl (C=S) groups is 1. The van der Waals surface area contributed by atoms with Gasteiger partial charge >= 0.3 is 0 Å². The number of hydrogen-bond acceptors (Lipinski definition) is 2. The number of nitrogens with zero attached hydrogens (tertiary/aromatic N) is 1. The van der Waals surface area contributed by atoms with Crippen molar-refractivity contribution in [3.8, 4) is 0 Å². The Morgan fingerprint density at radius 1 is 1.36 bits per heavy atom. The van der Waals surface area contributed by atoms with Crippen molar-refractivity contribution >= 4 is 28.3 Å². The molecule has 1 heterocycles. The molecule has 80 valence electrons. The minimum atomic E-state index is 0.732. The standard InChI is InChI=1S/C11H19NS2/c1-2-9-8-14-11(13)12(9)10-6-4-3-5-7-10/h9-10H,2-8H2,1H3. The highest BCUT2D eigenvalue weighted by Crippen LogP contribution is 2.33. The summed E-state index contributed by atoms with van der Waals surface area (Å²) in [7, 11) is 0. The van der Waals surface area contributed by atoms with E-state index in [-0.39, 0.29) is 0 Å². The molecule has 2 aliphatic rings. The van der Waals surface area contributed by atoms with Gasteiger partial charge in [-0.25, -0.2) is 0 Å². The third-order valence-electron chi connectivity index (χ3n) is 3.44. The van der Waals surface area contributed by atoms with Gasteiger partial charge in [0.1, 0.15) is 4.32 Å². The largest absolute Gasteiger partial charge is 0.351 e. The summed E-state index contributed by atoms with van der Waals surface area (Å²) in [6.45, 7) is 2.29. The minimum Gasteiger partial charge on any atom is -0.351 e. The Balaban J connectivity index is 2.01. The first-order valence-corrected chi connectivity index (χ1v) is 7.17. The second-order valence-corrected chi connectivity index (χ2v) is 5.99. The van der Waals surface area contributed by atoms with Gasteiger partial charge in [-0.05, 0) is 19.3 Å². The first-order valence-electron chi connectivity index (χ1n) is 5.78. The maximum atomic E-state index is 5.45. The van der Waals surface area contributed by atoms with E-state index in [1.165, 1.54) is 48.6 Å². The lowest BCUT2D eigenvalue weighted by Gasteiger charge is -2.36. The van der Waals surface area contributed by atoms with E-state index in [0.29, 0.717) is 0 Å². The zero-order valence-electron chi connectivity index (χ0n) is 8.87. The molecule has 1 unspecified atom stereocenters. The van der Waals surface area contributed by atoms with Crippen molar-refractivity contribution in [2.45, 2.75) is 57.5 Å². The molecule has 1 saturated carbocycles. The summed E-state index contributed by atoms with van der Waals surface area (Å²) in [5.74, 6) is 1.23. The summed E-state index contributed by atoms with van der Waals surface area (Å²) in [5, 5.41) is 0. The molecular weight excluding hydrogens is 210 g/mol. The van der Waals surface area contributed by atoms with Crippen LogP contribution in [-0.4, -0.2) is 27.1 Å². The monoisotopic (exact) mass is 229 g/mol. The van der Waals surface area contributed by atoms with E-state index in [2.05, 4.69) is 11.8 Å². The van der Waals surface area contributed by atoms with Crippen LogP contribution in [-0.2, 0) is 0 Å². The molecule has 14 heavy (non-hydrogen) atoms. The molecule has 0 radical (unpaired) electrons. The first-order chi connectivity index (χ1) is 6.83. The van der Waals surface area contributed by atoms with Crippen LogP contribution in [0.3, 0.4) is 0 Å². The summed E-state index contributed by atoms with van der Waals surface area (Å²) in [5.41, 5.74) is 0. The van der Waals surface area contributed by atoms with Gasteiger partial charge in [0.15, 0.2) is 0 Å². The highest BCUT2D eigenvalue weighted by molar-refractivity contribution is 8.23. The van der Waals surface area contributed by atoms with Crippen molar-refractivity contribution in [1.29, 1.82) is 0 Å². The van der Waals surface area contributed by atoms with Crippen molar-refractivity contribution < 1.29 is 0 Å². The van der Waals surface area contributed by atoms with E-state index in [4.69, 9.17) is 12.2 Å². The van der Waals surface area contributed by atoms with Gasteiger partial charge < -0.3 is 4.90 Å². The lowest BCUT2D eigenvalue weighted by Crippen LogP contribution is -2.42.